The topological polar surface area (TPSA) is 83.1 Å². The second-order valence-corrected chi connectivity index (χ2v) is 9.58. The molecule has 2 aliphatic rings. The highest BCUT2D eigenvalue weighted by molar-refractivity contribution is 7.22. The SMILES string of the molecule is O=C(c1cccc(N2C(=O)CCC2=O)c1)N(CCN1CCOCC1)c1nc2c(Cl)cccc2s1. The molecule has 0 atom stereocenters. The van der Waals surface area contributed by atoms with Gasteiger partial charge in [-0.3, -0.25) is 29.1 Å². The van der Waals surface area contributed by atoms with Crippen molar-refractivity contribution in [1.82, 2.24) is 9.88 Å². The largest absolute Gasteiger partial charge is 0.379 e. The number of hydrogen-bond acceptors (Lipinski definition) is 7. The molecule has 2 fully saturated rings. The fourth-order valence-electron chi connectivity index (χ4n) is 4.17. The summed E-state index contributed by atoms with van der Waals surface area (Å²) < 4.78 is 6.33. The predicted molar refractivity (Wildman–Crippen MR) is 132 cm³/mol. The van der Waals surface area contributed by atoms with Crippen molar-refractivity contribution in [3.8, 4) is 0 Å². The lowest BCUT2D eigenvalue weighted by atomic mass is 10.1. The van der Waals surface area contributed by atoms with E-state index in [-0.39, 0.29) is 30.6 Å². The van der Waals surface area contributed by atoms with Crippen LogP contribution in [0.2, 0.25) is 5.02 Å². The van der Waals surface area contributed by atoms with Gasteiger partial charge in [0.25, 0.3) is 5.91 Å². The van der Waals surface area contributed by atoms with Crippen molar-refractivity contribution >= 4 is 61.7 Å². The molecule has 34 heavy (non-hydrogen) atoms. The molecule has 0 bridgehead atoms. The molecule has 0 saturated carbocycles. The molecule has 2 saturated heterocycles. The minimum Gasteiger partial charge on any atom is -0.379 e. The van der Waals surface area contributed by atoms with Crippen LogP contribution in [0.4, 0.5) is 10.8 Å². The molecule has 0 spiro atoms. The van der Waals surface area contributed by atoms with E-state index in [1.54, 1.807) is 35.2 Å². The summed E-state index contributed by atoms with van der Waals surface area (Å²) >= 11 is 7.75. The molecule has 5 rings (SSSR count). The van der Waals surface area contributed by atoms with E-state index in [4.69, 9.17) is 16.3 Å². The standard InChI is InChI=1S/C24H23ClN4O4S/c25-18-5-2-6-19-22(18)26-24(34-19)28(10-9-27-11-13-33-14-12-27)23(32)16-3-1-4-17(15-16)29-20(30)7-8-21(29)31/h1-6,15H,7-14H2. The number of aromatic nitrogens is 1. The van der Waals surface area contributed by atoms with Crippen molar-refractivity contribution < 1.29 is 19.1 Å². The summed E-state index contributed by atoms with van der Waals surface area (Å²) in [6.45, 7) is 4.06. The van der Waals surface area contributed by atoms with Crippen molar-refractivity contribution in [2.75, 3.05) is 49.2 Å². The number of carbonyl (C=O) groups is 3. The fourth-order valence-corrected chi connectivity index (χ4v) is 5.46. The van der Waals surface area contributed by atoms with Crippen LogP contribution in [0.5, 0.6) is 0 Å². The van der Waals surface area contributed by atoms with Crippen LogP contribution >= 0.6 is 22.9 Å². The number of anilines is 2. The number of hydrogen-bond donors (Lipinski definition) is 0. The van der Waals surface area contributed by atoms with Crippen LogP contribution in [0.1, 0.15) is 23.2 Å². The molecule has 0 N–H and O–H groups in total. The zero-order valence-electron chi connectivity index (χ0n) is 18.4. The summed E-state index contributed by atoms with van der Waals surface area (Å²) in [4.78, 5) is 47.9. The van der Waals surface area contributed by atoms with Crippen molar-refractivity contribution in [3.05, 3.63) is 53.1 Å². The summed E-state index contributed by atoms with van der Waals surface area (Å²) in [6, 6.07) is 12.2. The van der Waals surface area contributed by atoms with Gasteiger partial charge in [-0.05, 0) is 30.3 Å². The molecule has 3 amide bonds. The van der Waals surface area contributed by atoms with Gasteiger partial charge in [-0.25, -0.2) is 4.98 Å². The predicted octanol–water partition coefficient (Wildman–Crippen LogP) is 3.58. The first-order chi connectivity index (χ1) is 16.5. The zero-order valence-corrected chi connectivity index (χ0v) is 20.0. The van der Waals surface area contributed by atoms with E-state index >= 15 is 0 Å². The highest BCUT2D eigenvalue weighted by atomic mass is 35.5. The van der Waals surface area contributed by atoms with Crippen LogP contribution in [-0.4, -0.2) is 67.0 Å². The number of ether oxygens (including phenoxy) is 1. The summed E-state index contributed by atoms with van der Waals surface area (Å²) in [5.41, 5.74) is 1.46. The average Bonchev–Trinajstić information content (AvgIpc) is 3.43. The zero-order chi connectivity index (χ0) is 23.7. The lowest BCUT2D eigenvalue weighted by Crippen LogP contribution is -2.43. The molecule has 8 nitrogen and oxygen atoms in total. The number of para-hydroxylation sites is 1. The van der Waals surface area contributed by atoms with Gasteiger partial charge in [-0.2, -0.15) is 0 Å². The normalized spacial score (nSPS) is 17.0. The fraction of sp³-hybridized carbons (Fsp3) is 0.333. The van der Waals surface area contributed by atoms with E-state index < -0.39 is 0 Å². The lowest BCUT2D eigenvalue weighted by Gasteiger charge is -2.29. The van der Waals surface area contributed by atoms with Gasteiger partial charge in [-0.15, -0.1) is 0 Å². The van der Waals surface area contributed by atoms with Gasteiger partial charge in [0.15, 0.2) is 5.13 Å². The number of rotatable bonds is 6. The maximum absolute atomic E-state index is 13.7. The van der Waals surface area contributed by atoms with Gasteiger partial charge in [0, 0.05) is 44.6 Å². The van der Waals surface area contributed by atoms with Crippen molar-refractivity contribution in [2.24, 2.45) is 0 Å². The van der Waals surface area contributed by atoms with Gasteiger partial charge in [0.1, 0.15) is 5.52 Å². The smallest absolute Gasteiger partial charge is 0.260 e. The third-order valence-corrected chi connectivity index (χ3v) is 7.33. The molecular formula is C24H23ClN4O4S. The Morgan fingerprint density at radius 2 is 1.82 bits per heavy atom. The van der Waals surface area contributed by atoms with E-state index in [9.17, 15) is 14.4 Å². The number of benzene rings is 2. The number of halogens is 1. The second-order valence-electron chi connectivity index (χ2n) is 8.17. The molecular weight excluding hydrogens is 476 g/mol. The molecule has 3 aromatic rings. The Morgan fingerprint density at radius 3 is 2.56 bits per heavy atom. The van der Waals surface area contributed by atoms with Crippen molar-refractivity contribution in [2.45, 2.75) is 12.8 Å². The van der Waals surface area contributed by atoms with E-state index in [1.807, 2.05) is 12.1 Å². The van der Waals surface area contributed by atoms with Crippen LogP contribution in [0.15, 0.2) is 42.5 Å². The van der Waals surface area contributed by atoms with Crippen LogP contribution in [0, 0.1) is 0 Å². The van der Waals surface area contributed by atoms with Gasteiger partial charge in [0.05, 0.1) is 28.6 Å². The maximum atomic E-state index is 13.7. The van der Waals surface area contributed by atoms with Crippen LogP contribution < -0.4 is 9.80 Å². The number of imide groups is 1. The number of amides is 3. The lowest BCUT2D eigenvalue weighted by molar-refractivity contribution is -0.121. The van der Waals surface area contributed by atoms with E-state index in [0.717, 1.165) is 22.7 Å². The molecule has 3 heterocycles. The Labute approximate surface area is 205 Å². The monoisotopic (exact) mass is 498 g/mol. The number of fused-ring (bicyclic) bond motifs is 1. The van der Waals surface area contributed by atoms with Crippen LogP contribution in [-0.2, 0) is 14.3 Å². The first-order valence-electron chi connectivity index (χ1n) is 11.1. The molecule has 0 unspecified atom stereocenters. The number of carbonyl (C=O) groups excluding carboxylic acids is 3. The third kappa shape index (κ3) is 4.56. The summed E-state index contributed by atoms with van der Waals surface area (Å²) in [6.07, 6.45) is 0.379. The first kappa shape index (κ1) is 22.9. The molecule has 1 aromatic heterocycles. The average molecular weight is 499 g/mol. The molecule has 0 radical (unpaired) electrons. The molecule has 10 heteroatoms. The van der Waals surface area contributed by atoms with Gasteiger partial charge in [-0.1, -0.05) is 35.1 Å². The van der Waals surface area contributed by atoms with E-state index in [1.165, 1.54) is 11.3 Å². The highest BCUT2D eigenvalue weighted by Crippen LogP contribution is 2.34. The van der Waals surface area contributed by atoms with Crippen LogP contribution in [0.3, 0.4) is 0 Å². The van der Waals surface area contributed by atoms with Gasteiger partial charge in [0.2, 0.25) is 11.8 Å². The maximum Gasteiger partial charge on any atom is 0.260 e. The van der Waals surface area contributed by atoms with E-state index in [2.05, 4.69) is 9.88 Å². The van der Waals surface area contributed by atoms with Crippen LogP contribution in [0.25, 0.3) is 10.2 Å². The minimum atomic E-state index is -0.250. The quantitative estimate of drug-likeness (QED) is 0.483. The van der Waals surface area contributed by atoms with Crippen molar-refractivity contribution in [1.29, 1.82) is 0 Å². The molecule has 0 aliphatic carbocycles. The van der Waals surface area contributed by atoms with E-state index in [0.29, 0.717) is 53.2 Å². The Bertz CT molecular complexity index is 1240. The highest BCUT2D eigenvalue weighted by Gasteiger charge is 2.31. The Hall–Kier alpha value is -2.85. The second kappa shape index (κ2) is 9.79. The summed E-state index contributed by atoms with van der Waals surface area (Å²) in [5, 5.41) is 1.09. The summed E-state index contributed by atoms with van der Waals surface area (Å²) in [7, 11) is 0. The van der Waals surface area contributed by atoms with Crippen molar-refractivity contribution in [3.63, 3.8) is 0 Å². The number of morpholine rings is 1. The molecule has 176 valence electrons. The first-order valence-corrected chi connectivity index (χ1v) is 12.3. The van der Waals surface area contributed by atoms with Gasteiger partial charge >= 0.3 is 0 Å². The third-order valence-electron chi connectivity index (χ3n) is 5.98. The Balaban J connectivity index is 1.47. The number of nitrogens with zero attached hydrogens (tertiary/aromatic N) is 4. The molecule has 2 aliphatic heterocycles. The minimum absolute atomic E-state index is 0.190. The molecule has 2 aromatic carbocycles. The summed E-state index contributed by atoms with van der Waals surface area (Å²) in [5.74, 6) is -0.747. The Kier molecular flexibility index (Phi) is 6.60. The number of thiazole rings is 1. The Morgan fingerprint density at radius 1 is 1.09 bits per heavy atom. The van der Waals surface area contributed by atoms with Gasteiger partial charge < -0.3 is 4.74 Å².